The third-order valence-electron chi connectivity index (χ3n) is 2.43. The van der Waals surface area contributed by atoms with Crippen LogP contribution in [0.1, 0.15) is 16.7 Å². The predicted octanol–water partition coefficient (Wildman–Crippen LogP) is 3.11. The Kier molecular flexibility index (Phi) is 2.20. The van der Waals surface area contributed by atoms with E-state index in [9.17, 15) is 0 Å². The monoisotopic (exact) mass is 190 g/mol. The van der Waals surface area contributed by atoms with Crippen molar-refractivity contribution in [2.45, 2.75) is 6.92 Å². The summed E-state index contributed by atoms with van der Waals surface area (Å²) in [4.78, 5) is 0. The van der Waals surface area contributed by atoms with Crippen molar-refractivity contribution in [1.29, 1.82) is 0 Å². The van der Waals surface area contributed by atoms with E-state index in [1.165, 1.54) is 5.56 Å². The molecule has 2 rings (SSSR count). The van der Waals surface area contributed by atoms with Gasteiger partial charge in [0.05, 0.1) is 0 Å². The Bertz CT molecular complexity index is 604. The van der Waals surface area contributed by atoms with Crippen LogP contribution in [0, 0.1) is 31.6 Å². The average molecular weight is 190 g/mol. The van der Waals surface area contributed by atoms with Crippen molar-refractivity contribution < 1.29 is 0 Å². The Morgan fingerprint density at radius 2 is 1.80 bits per heavy atom. The molecule has 2 aromatic rings. The summed E-state index contributed by atoms with van der Waals surface area (Å²) in [5.41, 5.74) is 2.90. The van der Waals surface area contributed by atoms with Gasteiger partial charge in [0.25, 0.3) is 0 Å². The average Bonchev–Trinajstić information content (AvgIpc) is 2.26. The molecule has 0 radical (unpaired) electrons. The summed E-state index contributed by atoms with van der Waals surface area (Å²) in [6, 6.07) is 10.1. The van der Waals surface area contributed by atoms with Crippen molar-refractivity contribution in [2.24, 2.45) is 0 Å². The van der Waals surface area contributed by atoms with Crippen LogP contribution in [-0.2, 0) is 0 Å². The van der Waals surface area contributed by atoms with Crippen LogP contribution in [0.15, 0.2) is 30.3 Å². The Balaban J connectivity index is 2.90. The van der Waals surface area contributed by atoms with Gasteiger partial charge in [0.2, 0.25) is 0 Å². The number of aryl methyl sites for hydroxylation is 1. The highest BCUT2D eigenvalue weighted by atomic mass is 14.0. The zero-order chi connectivity index (χ0) is 10.8. The smallest absolute Gasteiger partial charge is 0.0333 e. The van der Waals surface area contributed by atoms with Crippen molar-refractivity contribution >= 4 is 10.8 Å². The predicted molar refractivity (Wildman–Crippen MR) is 64.6 cm³/mol. The van der Waals surface area contributed by atoms with Crippen molar-refractivity contribution in [3.05, 3.63) is 47.0 Å². The molecule has 0 bridgehead atoms. The number of terminal acetylenes is 2. The summed E-state index contributed by atoms with van der Waals surface area (Å²) in [6.07, 6.45) is 10.8. The first-order valence-electron chi connectivity index (χ1n) is 4.72. The molecule has 0 aliphatic heterocycles. The summed E-state index contributed by atoms with van der Waals surface area (Å²) < 4.78 is 0. The zero-order valence-electron chi connectivity index (χ0n) is 8.54. The van der Waals surface area contributed by atoms with Gasteiger partial charge < -0.3 is 0 Å². The molecule has 0 saturated heterocycles. The highest BCUT2D eigenvalue weighted by Crippen LogP contribution is 2.21. The first-order chi connectivity index (χ1) is 7.24. The standard InChI is InChI=1S/C15H10/c1-4-12-9-13(5-2)15-7-6-11(3)8-14(15)10-12/h1-2,6-10H,3H3. The first kappa shape index (κ1) is 9.38. The van der Waals surface area contributed by atoms with E-state index in [0.717, 1.165) is 21.9 Å². The number of rotatable bonds is 0. The maximum absolute atomic E-state index is 5.46. The van der Waals surface area contributed by atoms with Crippen LogP contribution in [0.4, 0.5) is 0 Å². The van der Waals surface area contributed by atoms with Crippen LogP contribution < -0.4 is 0 Å². The second kappa shape index (κ2) is 3.52. The Labute approximate surface area is 89.9 Å². The molecule has 0 unspecified atom stereocenters. The van der Waals surface area contributed by atoms with Crippen LogP contribution in [-0.4, -0.2) is 0 Å². The first-order valence-corrected chi connectivity index (χ1v) is 4.72. The highest BCUT2D eigenvalue weighted by Gasteiger charge is 2.01. The Morgan fingerprint density at radius 3 is 2.47 bits per heavy atom. The molecule has 0 spiro atoms. The van der Waals surface area contributed by atoms with Crippen molar-refractivity contribution in [2.75, 3.05) is 0 Å². The Hall–Kier alpha value is -2.18. The van der Waals surface area contributed by atoms with Gasteiger partial charge in [-0.15, -0.1) is 12.8 Å². The fourth-order valence-corrected chi connectivity index (χ4v) is 1.69. The molecule has 0 aromatic heterocycles. The minimum atomic E-state index is 0.834. The molecule has 0 nitrogen and oxygen atoms in total. The van der Waals surface area contributed by atoms with Gasteiger partial charge >= 0.3 is 0 Å². The highest BCUT2D eigenvalue weighted by molar-refractivity contribution is 5.90. The molecular formula is C15H10. The third-order valence-corrected chi connectivity index (χ3v) is 2.43. The van der Waals surface area contributed by atoms with Crippen LogP contribution in [0.25, 0.3) is 10.8 Å². The molecule has 0 atom stereocenters. The van der Waals surface area contributed by atoms with E-state index in [2.05, 4.69) is 30.9 Å². The minimum absolute atomic E-state index is 0.834. The quantitative estimate of drug-likeness (QED) is 0.560. The SMILES string of the molecule is C#Cc1cc(C#C)c2ccc(C)cc2c1. The number of hydrogen-bond donors (Lipinski definition) is 0. The lowest BCUT2D eigenvalue weighted by Gasteiger charge is -2.03. The lowest BCUT2D eigenvalue weighted by atomic mass is 10.00. The van der Waals surface area contributed by atoms with Gasteiger partial charge in [-0.3, -0.25) is 0 Å². The number of fused-ring (bicyclic) bond motifs is 1. The molecule has 0 fully saturated rings. The largest absolute Gasteiger partial charge is 0.115 e. The molecule has 0 saturated carbocycles. The van der Waals surface area contributed by atoms with Gasteiger partial charge in [-0.2, -0.15) is 0 Å². The molecule has 70 valence electrons. The van der Waals surface area contributed by atoms with Gasteiger partial charge in [0, 0.05) is 11.1 Å². The molecule has 0 aliphatic carbocycles. The lowest BCUT2D eigenvalue weighted by Crippen LogP contribution is -1.84. The van der Waals surface area contributed by atoms with E-state index in [-0.39, 0.29) is 0 Å². The third kappa shape index (κ3) is 1.58. The topological polar surface area (TPSA) is 0 Å². The van der Waals surface area contributed by atoms with Crippen molar-refractivity contribution in [1.82, 2.24) is 0 Å². The maximum atomic E-state index is 5.46. The van der Waals surface area contributed by atoms with E-state index in [1.807, 2.05) is 18.2 Å². The van der Waals surface area contributed by atoms with Crippen LogP contribution in [0.2, 0.25) is 0 Å². The molecular weight excluding hydrogens is 180 g/mol. The summed E-state index contributed by atoms with van der Waals surface area (Å²) in [6.45, 7) is 2.05. The van der Waals surface area contributed by atoms with Crippen LogP contribution in [0.3, 0.4) is 0 Å². The number of benzene rings is 2. The van der Waals surface area contributed by atoms with Gasteiger partial charge in [-0.05, 0) is 29.8 Å². The van der Waals surface area contributed by atoms with Gasteiger partial charge in [0.1, 0.15) is 0 Å². The summed E-state index contributed by atoms with van der Waals surface area (Å²) >= 11 is 0. The van der Waals surface area contributed by atoms with E-state index in [4.69, 9.17) is 12.8 Å². The number of hydrogen-bond acceptors (Lipinski definition) is 0. The second-order valence-corrected chi connectivity index (χ2v) is 3.54. The molecule has 2 aromatic carbocycles. The zero-order valence-corrected chi connectivity index (χ0v) is 8.54. The van der Waals surface area contributed by atoms with Gasteiger partial charge in [-0.1, -0.05) is 35.6 Å². The Morgan fingerprint density at radius 1 is 1.00 bits per heavy atom. The normalized spacial score (nSPS) is 9.53. The van der Waals surface area contributed by atoms with Gasteiger partial charge in [0.15, 0.2) is 0 Å². The van der Waals surface area contributed by atoms with Crippen LogP contribution in [0.5, 0.6) is 0 Å². The maximum Gasteiger partial charge on any atom is 0.0333 e. The second-order valence-electron chi connectivity index (χ2n) is 3.54. The molecule has 0 heterocycles. The van der Waals surface area contributed by atoms with Crippen molar-refractivity contribution in [3.8, 4) is 24.7 Å². The molecule has 0 heteroatoms. The summed E-state index contributed by atoms with van der Waals surface area (Å²) in [5, 5.41) is 2.19. The van der Waals surface area contributed by atoms with Crippen molar-refractivity contribution in [3.63, 3.8) is 0 Å². The minimum Gasteiger partial charge on any atom is -0.115 e. The fourth-order valence-electron chi connectivity index (χ4n) is 1.69. The van der Waals surface area contributed by atoms with Gasteiger partial charge in [-0.25, -0.2) is 0 Å². The van der Waals surface area contributed by atoms with E-state index < -0.39 is 0 Å². The van der Waals surface area contributed by atoms with E-state index in [0.29, 0.717) is 0 Å². The molecule has 0 aliphatic rings. The molecule has 15 heavy (non-hydrogen) atoms. The molecule has 0 N–H and O–H groups in total. The van der Waals surface area contributed by atoms with E-state index in [1.54, 1.807) is 0 Å². The fraction of sp³-hybridized carbons (Fsp3) is 0.0667. The molecule has 0 amide bonds. The van der Waals surface area contributed by atoms with E-state index >= 15 is 0 Å². The summed E-state index contributed by atoms with van der Waals surface area (Å²) in [7, 11) is 0. The summed E-state index contributed by atoms with van der Waals surface area (Å²) in [5.74, 6) is 5.29. The van der Waals surface area contributed by atoms with Crippen LogP contribution >= 0.6 is 0 Å². The lowest BCUT2D eigenvalue weighted by molar-refractivity contribution is 1.50.